The van der Waals surface area contributed by atoms with Gasteiger partial charge >= 0.3 is 0 Å². The summed E-state index contributed by atoms with van der Waals surface area (Å²) in [5.74, 6) is 0. The molecule has 0 heterocycles. The van der Waals surface area contributed by atoms with Crippen LogP contribution in [0.25, 0.3) is 10.4 Å². The molecule has 0 saturated carbocycles. The van der Waals surface area contributed by atoms with Gasteiger partial charge < -0.3 is 10.2 Å². The van der Waals surface area contributed by atoms with E-state index in [2.05, 4.69) is 26.0 Å². The number of hydrogen-bond donors (Lipinski definition) is 2. The van der Waals surface area contributed by atoms with E-state index in [-0.39, 0.29) is 5.33 Å². The fourth-order valence-electron chi connectivity index (χ4n) is 1.17. The number of aliphatic hydroxyl groups excluding tert-OH is 2. The second-order valence-electron chi connectivity index (χ2n) is 2.91. The molecular formula is C9H10BrN3O2. The standard InChI is InChI=1S/C9H10BrN3O2/c10-5-8(14)9(15)6-3-1-2-4-7(6)12-13-11/h1-4,8-9,14-15H,5H2. The first-order chi connectivity index (χ1) is 7.20. The molecule has 5 nitrogen and oxygen atoms in total. The highest BCUT2D eigenvalue weighted by Gasteiger charge is 2.19. The van der Waals surface area contributed by atoms with Crippen LogP contribution < -0.4 is 0 Å². The van der Waals surface area contributed by atoms with Crippen molar-refractivity contribution in [2.45, 2.75) is 12.2 Å². The van der Waals surface area contributed by atoms with E-state index in [0.29, 0.717) is 11.3 Å². The Bertz CT molecular complexity index is 379. The van der Waals surface area contributed by atoms with Crippen molar-refractivity contribution < 1.29 is 10.2 Å². The Morgan fingerprint density at radius 2 is 2.07 bits per heavy atom. The monoisotopic (exact) mass is 271 g/mol. The van der Waals surface area contributed by atoms with Crippen LogP contribution in [0.2, 0.25) is 0 Å². The molecule has 2 N–H and O–H groups in total. The third-order valence-corrected chi connectivity index (χ3v) is 2.59. The van der Waals surface area contributed by atoms with Crippen LogP contribution in [0.15, 0.2) is 29.4 Å². The number of alkyl halides is 1. The zero-order valence-electron chi connectivity index (χ0n) is 7.79. The minimum absolute atomic E-state index is 0.249. The molecule has 0 spiro atoms. The lowest BCUT2D eigenvalue weighted by molar-refractivity contribution is 0.0346. The summed E-state index contributed by atoms with van der Waals surface area (Å²) in [5, 5.41) is 22.9. The number of azide groups is 1. The summed E-state index contributed by atoms with van der Waals surface area (Å²) in [4.78, 5) is 2.65. The molecule has 0 aromatic heterocycles. The molecule has 80 valence electrons. The quantitative estimate of drug-likeness (QED) is 0.381. The molecular weight excluding hydrogens is 262 g/mol. The maximum atomic E-state index is 9.73. The Morgan fingerprint density at radius 1 is 1.40 bits per heavy atom. The lowest BCUT2D eigenvalue weighted by Gasteiger charge is -2.17. The first kappa shape index (κ1) is 12.0. The van der Waals surface area contributed by atoms with Crippen LogP contribution in [0.1, 0.15) is 11.7 Å². The van der Waals surface area contributed by atoms with Crippen molar-refractivity contribution in [2.24, 2.45) is 5.11 Å². The van der Waals surface area contributed by atoms with Crippen molar-refractivity contribution in [1.82, 2.24) is 0 Å². The van der Waals surface area contributed by atoms with Crippen LogP contribution in [-0.4, -0.2) is 21.6 Å². The molecule has 0 amide bonds. The molecule has 1 aromatic carbocycles. The van der Waals surface area contributed by atoms with Gasteiger partial charge in [-0.3, -0.25) is 0 Å². The molecule has 1 rings (SSSR count). The fraction of sp³-hybridized carbons (Fsp3) is 0.333. The fourth-order valence-corrected chi connectivity index (χ4v) is 1.52. The Morgan fingerprint density at radius 3 is 2.67 bits per heavy atom. The summed E-state index contributed by atoms with van der Waals surface area (Å²) in [5.41, 5.74) is 9.07. The molecule has 0 aliphatic heterocycles. The number of hydrogen-bond acceptors (Lipinski definition) is 3. The van der Waals surface area contributed by atoms with Crippen molar-refractivity contribution in [3.63, 3.8) is 0 Å². The molecule has 6 heteroatoms. The van der Waals surface area contributed by atoms with Gasteiger partial charge in [-0.15, -0.1) is 0 Å². The van der Waals surface area contributed by atoms with Gasteiger partial charge in [0, 0.05) is 15.9 Å². The summed E-state index contributed by atoms with van der Waals surface area (Å²) in [7, 11) is 0. The molecule has 15 heavy (non-hydrogen) atoms. The predicted octanol–water partition coefficient (Wildman–Crippen LogP) is 2.42. The molecule has 0 bridgehead atoms. The highest BCUT2D eigenvalue weighted by Crippen LogP contribution is 2.28. The summed E-state index contributed by atoms with van der Waals surface area (Å²) in [6, 6.07) is 6.59. The summed E-state index contributed by atoms with van der Waals surface area (Å²) in [6.45, 7) is 0. The highest BCUT2D eigenvalue weighted by atomic mass is 79.9. The Kier molecular flexibility index (Phi) is 4.58. The van der Waals surface area contributed by atoms with Gasteiger partial charge in [-0.25, -0.2) is 0 Å². The number of halogens is 1. The normalized spacial score (nSPS) is 14.1. The van der Waals surface area contributed by atoms with Crippen molar-refractivity contribution in [3.05, 3.63) is 40.3 Å². The lowest BCUT2D eigenvalue weighted by Crippen LogP contribution is -2.19. The zero-order chi connectivity index (χ0) is 11.3. The minimum atomic E-state index is -1.06. The molecule has 2 atom stereocenters. The first-order valence-electron chi connectivity index (χ1n) is 4.26. The lowest BCUT2D eigenvalue weighted by atomic mass is 10.0. The number of nitrogens with zero attached hydrogens (tertiary/aromatic N) is 3. The smallest absolute Gasteiger partial charge is 0.106 e. The number of aliphatic hydroxyl groups is 2. The summed E-state index contributed by atoms with van der Waals surface area (Å²) < 4.78 is 0. The van der Waals surface area contributed by atoms with Gasteiger partial charge in [-0.05, 0) is 11.1 Å². The molecule has 0 aliphatic rings. The second kappa shape index (κ2) is 5.72. The van der Waals surface area contributed by atoms with Crippen LogP contribution in [-0.2, 0) is 0 Å². The van der Waals surface area contributed by atoms with Gasteiger partial charge in [0.1, 0.15) is 6.10 Å². The maximum absolute atomic E-state index is 9.73. The Balaban J connectivity index is 3.07. The molecule has 0 radical (unpaired) electrons. The average Bonchev–Trinajstić information content (AvgIpc) is 2.28. The number of rotatable bonds is 4. The van der Waals surface area contributed by atoms with E-state index >= 15 is 0 Å². The van der Waals surface area contributed by atoms with Crippen LogP contribution >= 0.6 is 15.9 Å². The van der Waals surface area contributed by atoms with E-state index in [1.807, 2.05) is 0 Å². The largest absolute Gasteiger partial charge is 0.389 e. The van der Waals surface area contributed by atoms with E-state index in [9.17, 15) is 10.2 Å². The number of benzene rings is 1. The van der Waals surface area contributed by atoms with Crippen LogP contribution in [0.3, 0.4) is 0 Å². The zero-order valence-corrected chi connectivity index (χ0v) is 9.37. The van der Waals surface area contributed by atoms with Gasteiger partial charge in [0.15, 0.2) is 0 Å². The van der Waals surface area contributed by atoms with E-state index in [1.165, 1.54) is 0 Å². The van der Waals surface area contributed by atoms with Crippen molar-refractivity contribution in [1.29, 1.82) is 0 Å². The van der Waals surface area contributed by atoms with Gasteiger partial charge in [-0.2, -0.15) is 0 Å². The maximum Gasteiger partial charge on any atom is 0.106 e. The summed E-state index contributed by atoms with van der Waals surface area (Å²) >= 11 is 3.06. The van der Waals surface area contributed by atoms with Gasteiger partial charge in [0.25, 0.3) is 0 Å². The molecule has 0 aliphatic carbocycles. The van der Waals surface area contributed by atoms with Gasteiger partial charge in [-0.1, -0.05) is 45.3 Å². The van der Waals surface area contributed by atoms with E-state index in [4.69, 9.17) is 5.53 Å². The van der Waals surface area contributed by atoms with E-state index < -0.39 is 12.2 Å². The van der Waals surface area contributed by atoms with E-state index in [0.717, 1.165) is 0 Å². The molecule has 2 unspecified atom stereocenters. The van der Waals surface area contributed by atoms with Crippen LogP contribution in [0.5, 0.6) is 0 Å². The van der Waals surface area contributed by atoms with Gasteiger partial charge in [0.05, 0.1) is 6.10 Å². The van der Waals surface area contributed by atoms with Crippen LogP contribution in [0.4, 0.5) is 5.69 Å². The minimum Gasteiger partial charge on any atom is -0.389 e. The molecule has 0 saturated heterocycles. The highest BCUT2D eigenvalue weighted by molar-refractivity contribution is 9.09. The van der Waals surface area contributed by atoms with Crippen LogP contribution in [0, 0.1) is 0 Å². The second-order valence-corrected chi connectivity index (χ2v) is 3.56. The van der Waals surface area contributed by atoms with Crippen molar-refractivity contribution in [3.8, 4) is 0 Å². The third-order valence-electron chi connectivity index (χ3n) is 1.93. The van der Waals surface area contributed by atoms with E-state index in [1.54, 1.807) is 24.3 Å². The Labute approximate surface area is 95.1 Å². The average molecular weight is 272 g/mol. The predicted molar refractivity (Wildman–Crippen MR) is 60.0 cm³/mol. The van der Waals surface area contributed by atoms with Gasteiger partial charge in [0.2, 0.25) is 0 Å². The SMILES string of the molecule is [N-]=[N+]=Nc1ccccc1C(O)C(O)CBr. The Hall–Kier alpha value is -1.07. The molecule has 1 aromatic rings. The topological polar surface area (TPSA) is 89.2 Å². The first-order valence-corrected chi connectivity index (χ1v) is 5.39. The third kappa shape index (κ3) is 2.94. The van der Waals surface area contributed by atoms with Crippen molar-refractivity contribution >= 4 is 21.6 Å². The van der Waals surface area contributed by atoms with Crippen molar-refractivity contribution in [2.75, 3.05) is 5.33 Å². The molecule has 0 fully saturated rings. The summed E-state index contributed by atoms with van der Waals surface area (Å²) in [6.07, 6.45) is -1.99.